The number of benzene rings is 3. The smallest absolute Gasteiger partial charge is 0.243 e. The highest BCUT2D eigenvalue weighted by atomic mass is 32.2. The summed E-state index contributed by atoms with van der Waals surface area (Å²) in [4.78, 5) is 26.4. The minimum atomic E-state index is -3.68. The molecule has 0 bridgehead atoms. The molecule has 1 aliphatic heterocycles. The normalized spacial score (nSPS) is 15.1. The molecule has 0 amide bonds. The number of piperidine rings is 1. The maximum Gasteiger partial charge on any atom is 0.243 e. The molecule has 1 saturated heterocycles. The zero-order valence-electron chi connectivity index (χ0n) is 20.5. The largest absolute Gasteiger partial charge is 0.450 e. The van der Waals surface area contributed by atoms with Crippen molar-refractivity contribution in [3.05, 3.63) is 95.7 Å². The van der Waals surface area contributed by atoms with Crippen LogP contribution in [0.1, 0.15) is 46.2 Å². The number of hydrogen-bond donors (Lipinski definition) is 1. The number of Topliss-reactive ketones (excluding diaryl/α,β-unsaturated/α-hetero) is 1. The van der Waals surface area contributed by atoms with Gasteiger partial charge in [-0.2, -0.15) is 4.31 Å². The Morgan fingerprint density at radius 2 is 1.59 bits per heavy atom. The minimum Gasteiger partial charge on any atom is -0.450 e. The van der Waals surface area contributed by atoms with Crippen molar-refractivity contribution in [2.45, 2.75) is 24.7 Å². The summed E-state index contributed by atoms with van der Waals surface area (Å²) in [6.07, 6.45) is 1.65. The van der Waals surface area contributed by atoms with E-state index < -0.39 is 10.0 Å². The summed E-state index contributed by atoms with van der Waals surface area (Å²) in [6.45, 7) is 2.95. The Kier molecular flexibility index (Phi) is 6.95. The first-order valence-electron chi connectivity index (χ1n) is 12.3. The van der Waals surface area contributed by atoms with Crippen molar-refractivity contribution in [3.8, 4) is 0 Å². The third-order valence-electron chi connectivity index (χ3n) is 6.80. The van der Waals surface area contributed by atoms with Crippen LogP contribution in [0.4, 0.5) is 5.69 Å². The predicted octanol–water partition coefficient (Wildman–Crippen LogP) is 5.38. The van der Waals surface area contributed by atoms with E-state index in [4.69, 9.17) is 4.42 Å². The van der Waals surface area contributed by atoms with Crippen LogP contribution in [0.2, 0.25) is 0 Å². The van der Waals surface area contributed by atoms with E-state index >= 15 is 0 Å². The first-order valence-corrected chi connectivity index (χ1v) is 13.8. The molecule has 4 aromatic rings. The van der Waals surface area contributed by atoms with Crippen LogP contribution in [0, 0.1) is 5.92 Å². The van der Waals surface area contributed by atoms with E-state index in [0.717, 1.165) is 12.8 Å². The fraction of sp³-hybridized carbons (Fsp3) is 0.241. The van der Waals surface area contributed by atoms with Crippen LogP contribution in [0.3, 0.4) is 0 Å². The number of furan rings is 1. The van der Waals surface area contributed by atoms with Crippen LogP contribution < -0.4 is 5.32 Å². The van der Waals surface area contributed by atoms with Gasteiger partial charge in [-0.1, -0.05) is 61.5 Å². The van der Waals surface area contributed by atoms with E-state index in [2.05, 4.69) is 12.2 Å². The van der Waals surface area contributed by atoms with E-state index in [0.29, 0.717) is 41.2 Å². The molecule has 0 saturated carbocycles. The number of carbonyl (C=O) groups is 2. The third-order valence-corrected chi connectivity index (χ3v) is 8.69. The average Bonchev–Trinajstić information content (AvgIpc) is 3.30. The molecule has 3 aromatic carbocycles. The fourth-order valence-electron chi connectivity index (χ4n) is 4.58. The molecule has 2 heterocycles. The molecular formula is C29H28N2O5S. The number of nitrogens with one attached hydrogen (secondary N) is 1. The average molecular weight is 517 g/mol. The van der Waals surface area contributed by atoms with Gasteiger partial charge in [-0.05, 0) is 43.0 Å². The van der Waals surface area contributed by atoms with Gasteiger partial charge in [-0.25, -0.2) is 8.42 Å². The topological polar surface area (TPSA) is 96.7 Å². The monoisotopic (exact) mass is 516 g/mol. The maximum absolute atomic E-state index is 13.2. The Balaban J connectivity index is 1.38. The van der Waals surface area contributed by atoms with Gasteiger partial charge in [0.2, 0.25) is 15.8 Å². The molecule has 0 spiro atoms. The van der Waals surface area contributed by atoms with Crippen LogP contribution in [-0.4, -0.2) is 43.9 Å². The van der Waals surface area contributed by atoms with E-state index in [1.165, 1.54) is 16.4 Å². The van der Waals surface area contributed by atoms with E-state index in [-0.39, 0.29) is 34.3 Å². The number of carbonyl (C=O) groups excluding carboxylic acids is 2. The van der Waals surface area contributed by atoms with Crippen molar-refractivity contribution in [3.63, 3.8) is 0 Å². The highest BCUT2D eigenvalue weighted by Gasteiger charge is 2.29. The van der Waals surface area contributed by atoms with Crippen molar-refractivity contribution in [2.75, 3.05) is 25.0 Å². The molecule has 8 heteroatoms. The lowest BCUT2D eigenvalue weighted by Crippen LogP contribution is -2.37. The van der Waals surface area contributed by atoms with Crippen molar-refractivity contribution in [1.29, 1.82) is 0 Å². The fourth-order valence-corrected chi connectivity index (χ4v) is 6.09. The number of anilines is 1. The molecule has 1 aromatic heterocycles. The Hall–Kier alpha value is -3.75. The van der Waals surface area contributed by atoms with E-state index in [1.54, 1.807) is 42.5 Å². The number of nitrogens with zero attached hydrogens (tertiary/aromatic N) is 1. The SMILES string of the molecule is CC1CCN(S(=O)(=O)c2cccc(C(=O)CNc3c(C(=O)c4ccccc4)oc4ccccc34)c2)CC1. The molecular weight excluding hydrogens is 488 g/mol. The zero-order chi connectivity index (χ0) is 26.0. The molecule has 190 valence electrons. The van der Waals surface area contributed by atoms with Crippen LogP contribution >= 0.6 is 0 Å². The number of hydrogen-bond acceptors (Lipinski definition) is 6. The van der Waals surface area contributed by atoms with Crippen LogP contribution in [-0.2, 0) is 10.0 Å². The second-order valence-electron chi connectivity index (χ2n) is 9.39. The minimum absolute atomic E-state index is 0.113. The number of ketones is 2. The van der Waals surface area contributed by atoms with Crippen molar-refractivity contribution in [1.82, 2.24) is 4.31 Å². The Labute approximate surface area is 216 Å². The number of sulfonamides is 1. The molecule has 0 radical (unpaired) electrons. The van der Waals surface area contributed by atoms with E-state index in [9.17, 15) is 18.0 Å². The molecule has 7 nitrogen and oxygen atoms in total. The summed E-state index contributed by atoms with van der Waals surface area (Å²) in [7, 11) is -3.68. The van der Waals surface area contributed by atoms with Gasteiger partial charge in [0, 0.05) is 29.6 Å². The second-order valence-corrected chi connectivity index (χ2v) is 11.3. The first-order chi connectivity index (χ1) is 17.8. The highest BCUT2D eigenvalue weighted by molar-refractivity contribution is 7.89. The van der Waals surface area contributed by atoms with E-state index in [1.807, 2.05) is 24.3 Å². The second kappa shape index (κ2) is 10.3. The van der Waals surface area contributed by atoms with Crippen LogP contribution in [0.25, 0.3) is 11.0 Å². The molecule has 1 N–H and O–H groups in total. The summed E-state index contributed by atoms with van der Waals surface area (Å²) in [5, 5.41) is 3.77. The van der Waals surface area contributed by atoms with Gasteiger partial charge < -0.3 is 9.73 Å². The lowest BCUT2D eigenvalue weighted by Gasteiger charge is -2.29. The molecule has 37 heavy (non-hydrogen) atoms. The lowest BCUT2D eigenvalue weighted by atomic mass is 10.0. The van der Waals surface area contributed by atoms with Crippen molar-refractivity contribution < 1.29 is 22.4 Å². The Bertz CT molecular complexity index is 1550. The van der Waals surface area contributed by atoms with Gasteiger partial charge >= 0.3 is 0 Å². The molecule has 0 unspecified atom stereocenters. The zero-order valence-corrected chi connectivity index (χ0v) is 21.3. The van der Waals surface area contributed by atoms with Gasteiger partial charge in [0.15, 0.2) is 11.5 Å². The van der Waals surface area contributed by atoms with Crippen LogP contribution in [0.15, 0.2) is 88.2 Å². The highest BCUT2D eigenvalue weighted by Crippen LogP contribution is 2.32. The van der Waals surface area contributed by atoms with Gasteiger partial charge in [0.05, 0.1) is 17.1 Å². The number of para-hydroxylation sites is 1. The Morgan fingerprint density at radius 3 is 2.35 bits per heavy atom. The van der Waals surface area contributed by atoms with Gasteiger partial charge in [-0.3, -0.25) is 9.59 Å². The maximum atomic E-state index is 13.2. The van der Waals surface area contributed by atoms with Crippen molar-refractivity contribution >= 4 is 38.2 Å². The molecule has 0 aliphatic carbocycles. The summed E-state index contributed by atoms with van der Waals surface area (Å²) >= 11 is 0. The quantitative estimate of drug-likeness (QED) is 0.316. The van der Waals surface area contributed by atoms with Crippen molar-refractivity contribution in [2.24, 2.45) is 5.92 Å². The first kappa shape index (κ1) is 24.9. The standard InChI is InChI=1S/C29H28N2O5S/c1-20-14-16-31(17-15-20)37(34,35)23-11-7-10-22(18-23)25(32)19-30-27-24-12-5-6-13-26(24)36-29(27)28(33)21-8-3-2-4-9-21/h2-13,18,20,30H,14-17,19H2,1H3. The van der Waals surface area contributed by atoms with Gasteiger partial charge in [-0.15, -0.1) is 0 Å². The summed E-state index contributed by atoms with van der Waals surface area (Å²) < 4.78 is 33.7. The third kappa shape index (κ3) is 5.08. The molecule has 0 atom stereocenters. The van der Waals surface area contributed by atoms with Gasteiger partial charge in [0.1, 0.15) is 5.58 Å². The summed E-state index contributed by atoms with van der Waals surface area (Å²) in [5.41, 5.74) is 1.72. The number of rotatable bonds is 8. The predicted molar refractivity (Wildman–Crippen MR) is 143 cm³/mol. The van der Waals surface area contributed by atoms with Gasteiger partial charge in [0.25, 0.3) is 0 Å². The summed E-state index contributed by atoms with van der Waals surface area (Å²) in [6, 6.07) is 22.2. The molecule has 1 fully saturated rings. The summed E-state index contributed by atoms with van der Waals surface area (Å²) in [5.74, 6) is 0.0300. The molecule has 1 aliphatic rings. The Morgan fingerprint density at radius 1 is 0.919 bits per heavy atom. The molecule has 5 rings (SSSR count). The number of fused-ring (bicyclic) bond motifs is 1. The lowest BCUT2D eigenvalue weighted by molar-refractivity contribution is 0.0997. The van der Waals surface area contributed by atoms with Crippen LogP contribution in [0.5, 0.6) is 0 Å².